The Bertz CT molecular complexity index is 1720. The summed E-state index contributed by atoms with van der Waals surface area (Å²) in [6.45, 7) is 2.05. The molecule has 2 amide bonds. The number of carbonyl (C=O) groups is 2. The van der Waals surface area contributed by atoms with Crippen molar-refractivity contribution in [2.24, 2.45) is 0 Å². The summed E-state index contributed by atoms with van der Waals surface area (Å²) in [5.41, 5.74) is 9.14. The van der Waals surface area contributed by atoms with E-state index >= 15 is 0 Å². The molecule has 2 aromatic heterocycles. The average molecular weight is 577 g/mol. The second-order valence-corrected chi connectivity index (χ2v) is 10.0. The molecule has 1 saturated carbocycles. The molecule has 11 heteroatoms. The number of benzene rings is 3. The van der Waals surface area contributed by atoms with Gasteiger partial charge in [-0.2, -0.15) is 4.98 Å². The number of hydrogen-bond acceptors (Lipinski definition) is 6. The van der Waals surface area contributed by atoms with Crippen molar-refractivity contribution in [1.82, 2.24) is 25.3 Å². The van der Waals surface area contributed by atoms with Gasteiger partial charge in [-0.25, -0.2) is 0 Å². The Labute approximate surface area is 241 Å². The first kappa shape index (κ1) is 27.2. The number of aryl methyl sites for hydroxylation is 1. The molecule has 3 aromatic carbocycles. The van der Waals surface area contributed by atoms with Crippen LogP contribution in [0.5, 0.6) is 0 Å². The summed E-state index contributed by atoms with van der Waals surface area (Å²) in [5, 5.41) is 11.4. The fourth-order valence-electron chi connectivity index (χ4n) is 4.68. The monoisotopic (exact) mass is 576 g/mol. The lowest BCUT2D eigenvalue weighted by Crippen LogP contribution is -2.48. The Hall–Kier alpha value is -4.34. The van der Waals surface area contributed by atoms with Crippen molar-refractivity contribution in [3.63, 3.8) is 0 Å². The number of nitrogens with two attached hydrogens (primary N) is 1. The number of nitrogen functional groups attached to an aromatic ring is 1. The quantitative estimate of drug-likeness (QED) is 0.228. The molecule has 0 spiro atoms. The van der Waals surface area contributed by atoms with Gasteiger partial charge in [0.05, 0.1) is 10.5 Å². The van der Waals surface area contributed by atoms with E-state index in [2.05, 4.69) is 20.8 Å². The van der Waals surface area contributed by atoms with Gasteiger partial charge in [0.25, 0.3) is 5.91 Å². The lowest BCUT2D eigenvalue weighted by atomic mass is 10.1. The first-order chi connectivity index (χ1) is 18.8. The summed E-state index contributed by atoms with van der Waals surface area (Å²) in [4.78, 5) is 30.0. The summed E-state index contributed by atoms with van der Waals surface area (Å²) in [6, 6.07) is 22.3. The number of aromatic nitrogens is 3. The number of nitrogens with one attached hydrogen (secondary N) is 2. The molecule has 204 valence electrons. The van der Waals surface area contributed by atoms with E-state index in [1.807, 2.05) is 53.1 Å². The molecule has 1 fully saturated rings. The molecule has 4 N–H and O–H groups in total. The van der Waals surface area contributed by atoms with E-state index in [1.165, 1.54) is 0 Å². The molecule has 0 bridgehead atoms. The lowest BCUT2D eigenvalue weighted by Gasteiger charge is -2.18. The van der Waals surface area contributed by atoms with Crippen LogP contribution in [0.25, 0.3) is 28.1 Å². The van der Waals surface area contributed by atoms with E-state index < -0.39 is 5.54 Å². The van der Waals surface area contributed by atoms with Gasteiger partial charge in [-0.3, -0.25) is 9.59 Å². The van der Waals surface area contributed by atoms with Crippen molar-refractivity contribution in [3.8, 4) is 17.2 Å². The van der Waals surface area contributed by atoms with Crippen LogP contribution in [0.3, 0.4) is 0 Å². The summed E-state index contributed by atoms with van der Waals surface area (Å²) in [7, 11) is 0. The number of para-hydroxylation sites is 1. The minimum absolute atomic E-state index is 0. The van der Waals surface area contributed by atoms with Gasteiger partial charge >= 0.3 is 0 Å². The lowest BCUT2D eigenvalue weighted by molar-refractivity contribution is -0.124. The minimum atomic E-state index is -0.889. The second kappa shape index (κ2) is 10.7. The Balaban J connectivity index is 0.00000323. The van der Waals surface area contributed by atoms with E-state index in [1.54, 1.807) is 31.2 Å². The topological polar surface area (TPSA) is 128 Å². The average Bonchev–Trinajstić information content (AvgIpc) is 3.51. The van der Waals surface area contributed by atoms with E-state index in [4.69, 9.17) is 21.9 Å². The molecule has 0 aliphatic heterocycles. The third-order valence-electron chi connectivity index (χ3n) is 6.89. The normalized spacial score (nSPS) is 13.4. The van der Waals surface area contributed by atoms with Crippen molar-refractivity contribution in [2.45, 2.75) is 31.8 Å². The highest BCUT2D eigenvalue weighted by Gasteiger charge is 2.51. The predicted octanol–water partition coefficient (Wildman–Crippen LogP) is 5.23. The molecular formula is C29H26Cl2N6O3. The van der Waals surface area contributed by atoms with Gasteiger partial charge in [0, 0.05) is 35.8 Å². The Kier molecular flexibility index (Phi) is 7.27. The first-order valence-corrected chi connectivity index (χ1v) is 12.9. The molecule has 0 radical (unpaired) electrons. The highest BCUT2D eigenvalue weighted by atomic mass is 35.5. The number of fused-ring (bicyclic) bond motifs is 1. The van der Waals surface area contributed by atoms with Crippen molar-refractivity contribution >= 4 is 52.4 Å². The van der Waals surface area contributed by atoms with Crippen LogP contribution in [0, 0.1) is 6.92 Å². The molecule has 0 atom stereocenters. The van der Waals surface area contributed by atoms with Crippen LogP contribution in [0.15, 0.2) is 77.3 Å². The molecule has 0 saturated heterocycles. The third-order valence-corrected chi connectivity index (χ3v) is 7.27. The fraction of sp³-hybridized carbons (Fsp3) is 0.172. The number of amides is 2. The fourth-order valence-corrected chi connectivity index (χ4v) is 5.01. The molecule has 9 nitrogen and oxygen atoms in total. The summed E-state index contributed by atoms with van der Waals surface area (Å²) < 4.78 is 7.21. The molecule has 6 rings (SSSR count). The second-order valence-electron chi connectivity index (χ2n) is 9.66. The SMILES string of the molecule is Cc1nc(-c2c(Cl)c3ccccc3n2-c2ccc(CNC(=O)C3(NC(=O)c4cccc(N)c4)CC3)cc2)no1.Cl. The van der Waals surface area contributed by atoms with Gasteiger partial charge in [0.2, 0.25) is 17.6 Å². The summed E-state index contributed by atoms with van der Waals surface area (Å²) in [5.74, 6) is 0.327. The predicted molar refractivity (Wildman–Crippen MR) is 156 cm³/mol. The zero-order valence-electron chi connectivity index (χ0n) is 21.5. The van der Waals surface area contributed by atoms with Crippen LogP contribution < -0.4 is 16.4 Å². The van der Waals surface area contributed by atoms with Crippen LogP contribution in [0.4, 0.5) is 5.69 Å². The van der Waals surface area contributed by atoms with Crippen LogP contribution in [0.1, 0.15) is 34.7 Å². The number of nitrogens with zero attached hydrogens (tertiary/aromatic N) is 3. The Morgan fingerprint density at radius 2 is 1.82 bits per heavy atom. The summed E-state index contributed by atoms with van der Waals surface area (Å²) in [6.07, 6.45) is 1.18. The van der Waals surface area contributed by atoms with Crippen molar-refractivity contribution in [1.29, 1.82) is 0 Å². The Morgan fingerprint density at radius 3 is 2.50 bits per heavy atom. The first-order valence-electron chi connectivity index (χ1n) is 12.5. The zero-order valence-corrected chi connectivity index (χ0v) is 23.1. The van der Waals surface area contributed by atoms with Crippen LogP contribution in [-0.2, 0) is 11.3 Å². The van der Waals surface area contributed by atoms with Gasteiger partial charge < -0.3 is 25.5 Å². The van der Waals surface area contributed by atoms with Gasteiger partial charge in [0.15, 0.2) is 0 Å². The van der Waals surface area contributed by atoms with Crippen molar-refractivity contribution in [3.05, 3.63) is 94.8 Å². The van der Waals surface area contributed by atoms with Gasteiger partial charge in [-0.15, -0.1) is 12.4 Å². The number of halogens is 2. The van der Waals surface area contributed by atoms with E-state index in [0.29, 0.717) is 53.1 Å². The molecule has 40 heavy (non-hydrogen) atoms. The maximum Gasteiger partial charge on any atom is 0.252 e. The van der Waals surface area contributed by atoms with Crippen molar-refractivity contribution in [2.75, 3.05) is 5.73 Å². The minimum Gasteiger partial charge on any atom is -0.399 e. The Morgan fingerprint density at radius 1 is 1.07 bits per heavy atom. The third kappa shape index (κ3) is 5.01. The molecule has 1 aliphatic rings. The van der Waals surface area contributed by atoms with E-state index in [0.717, 1.165) is 22.2 Å². The highest BCUT2D eigenvalue weighted by molar-refractivity contribution is 6.38. The van der Waals surface area contributed by atoms with Gasteiger partial charge in [-0.1, -0.05) is 53.2 Å². The van der Waals surface area contributed by atoms with Crippen LogP contribution >= 0.6 is 24.0 Å². The van der Waals surface area contributed by atoms with Crippen molar-refractivity contribution < 1.29 is 14.1 Å². The maximum atomic E-state index is 13.0. The molecular weight excluding hydrogens is 551 g/mol. The highest BCUT2D eigenvalue weighted by Crippen LogP contribution is 2.39. The van der Waals surface area contributed by atoms with E-state index in [-0.39, 0.29) is 24.2 Å². The number of rotatable bonds is 7. The molecule has 5 aromatic rings. The number of carbonyl (C=O) groups excluding carboxylic acids is 2. The van der Waals surface area contributed by atoms with Gasteiger partial charge in [0.1, 0.15) is 11.2 Å². The number of hydrogen-bond donors (Lipinski definition) is 3. The zero-order chi connectivity index (χ0) is 27.1. The molecule has 2 heterocycles. The summed E-state index contributed by atoms with van der Waals surface area (Å²) >= 11 is 6.78. The van der Waals surface area contributed by atoms with Crippen LogP contribution in [-0.4, -0.2) is 32.1 Å². The van der Waals surface area contributed by atoms with Crippen LogP contribution in [0.2, 0.25) is 5.02 Å². The smallest absolute Gasteiger partial charge is 0.252 e. The standard InChI is InChI=1S/C29H25ClN6O3.ClH/c1-17-33-26(35-39-17)25-24(30)22-7-2-3-8-23(22)36(25)21-11-9-18(10-12-21)16-32-28(38)29(13-14-29)34-27(37)19-5-4-6-20(31)15-19;/h2-12,15H,13-14,16,31H2,1H3,(H,32,38)(H,34,37);1H. The maximum absolute atomic E-state index is 13.0. The largest absolute Gasteiger partial charge is 0.399 e. The van der Waals surface area contributed by atoms with Gasteiger partial charge in [-0.05, 0) is 54.8 Å². The molecule has 1 aliphatic carbocycles. The number of anilines is 1. The van der Waals surface area contributed by atoms with E-state index in [9.17, 15) is 9.59 Å². The molecule has 0 unspecified atom stereocenters.